The molecular formula is C14H19N3O7S2. The van der Waals surface area contributed by atoms with Gasteiger partial charge in [-0.15, -0.1) is 0 Å². The van der Waals surface area contributed by atoms with Crippen LogP contribution in [0.15, 0.2) is 11.8 Å². The SMILES string of the molecule is CCOC(=O)c1nn(C)c2c1CCC(=CN(S(C)(=O)=O)S(C)(=O)=O)C2=O. The van der Waals surface area contributed by atoms with Crippen molar-refractivity contribution in [2.24, 2.45) is 7.05 Å². The van der Waals surface area contributed by atoms with E-state index in [1.54, 1.807) is 6.92 Å². The van der Waals surface area contributed by atoms with Gasteiger partial charge in [-0.3, -0.25) is 9.48 Å². The Labute approximate surface area is 151 Å². The number of nitrogens with zero attached hydrogens (tertiary/aromatic N) is 3. The Balaban J connectivity index is 2.53. The number of hydrogen-bond donors (Lipinski definition) is 0. The number of ether oxygens (including phenoxy) is 1. The molecule has 0 amide bonds. The van der Waals surface area contributed by atoms with Gasteiger partial charge in [-0.25, -0.2) is 21.6 Å². The summed E-state index contributed by atoms with van der Waals surface area (Å²) in [6, 6.07) is 0. The molecule has 10 nitrogen and oxygen atoms in total. The van der Waals surface area contributed by atoms with Crippen molar-refractivity contribution in [2.75, 3.05) is 19.1 Å². The standard InChI is InChI=1S/C14H19N3O7S2/c1-5-24-14(19)11-10-7-6-9(13(18)12(10)16(2)15-11)8-17(25(3,20)21)26(4,22)23/h8H,5-7H2,1-4H3. The second-order valence-corrected chi connectivity index (χ2v) is 9.70. The minimum Gasteiger partial charge on any atom is -0.461 e. The number of carbonyl (C=O) groups is 2. The summed E-state index contributed by atoms with van der Waals surface area (Å²) < 4.78 is 53.3. The third-order valence-electron chi connectivity index (χ3n) is 3.68. The number of carbonyl (C=O) groups excluding carboxylic acids is 2. The number of fused-ring (bicyclic) bond motifs is 1. The Kier molecular flexibility index (Phi) is 5.29. The summed E-state index contributed by atoms with van der Waals surface area (Å²) >= 11 is 0. The fourth-order valence-corrected chi connectivity index (χ4v) is 5.27. The van der Waals surface area contributed by atoms with E-state index in [1.807, 2.05) is 0 Å². The molecule has 26 heavy (non-hydrogen) atoms. The van der Waals surface area contributed by atoms with Crippen LogP contribution in [0.3, 0.4) is 0 Å². The quantitative estimate of drug-likeness (QED) is 0.487. The molecule has 0 aliphatic heterocycles. The van der Waals surface area contributed by atoms with Crippen molar-refractivity contribution < 1.29 is 31.2 Å². The van der Waals surface area contributed by atoms with E-state index in [9.17, 15) is 26.4 Å². The summed E-state index contributed by atoms with van der Waals surface area (Å²) in [5, 5.41) is 4.02. The number of sulfonamides is 2. The fourth-order valence-electron chi connectivity index (χ4n) is 2.67. The highest BCUT2D eigenvalue weighted by atomic mass is 32.3. The van der Waals surface area contributed by atoms with Crippen LogP contribution in [-0.4, -0.2) is 61.2 Å². The second-order valence-electron chi connectivity index (χ2n) is 5.75. The van der Waals surface area contributed by atoms with Gasteiger partial charge in [-0.1, -0.05) is 0 Å². The van der Waals surface area contributed by atoms with Crippen LogP contribution in [0.4, 0.5) is 0 Å². The zero-order chi connectivity index (χ0) is 19.9. The van der Waals surface area contributed by atoms with Crippen molar-refractivity contribution in [1.29, 1.82) is 0 Å². The van der Waals surface area contributed by atoms with Gasteiger partial charge < -0.3 is 4.74 Å². The van der Waals surface area contributed by atoms with Crippen LogP contribution in [0.2, 0.25) is 0 Å². The minimum atomic E-state index is -4.13. The topological polar surface area (TPSA) is 133 Å². The van der Waals surface area contributed by atoms with Gasteiger partial charge in [0, 0.05) is 24.4 Å². The maximum absolute atomic E-state index is 12.7. The van der Waals surface area contributed by atoms with E-state index in [2.05, 4.69) is 5.10 Å². The van der Waals surface area contributed by atoms with Crippen LogP contribution in [0.25, 0.3) is 0 Å². The van der Waals surface area contributed by atoms with E-state index in [0.717, 1.165) is 18.7 Å². The highest BCUT2D eigenvalue weighted by Crippen LogP contribution is 2.29. The molecule has 1 aliphatic carbocycles. The molecule has 0 spiro atoms. The van der Waals surface area contributed by atoms with Gasteiger partial charge in [0.1, 0.15) is 5.69 Å². The van der Waals surface area contributed by atoms with Crippen LogP contribution in [0, 0.1) is 0 Å². The molecule has 0 fully saturated rings. The molecule has 0 bridgehead atoms. The molecule has 0 aromatic carbocycles. The molecular weight excluding hydrogens is 386 g/mol. The second kappa shape index (κ2) is 6.83. The van der Waals surface area contributed by atoms with E-state index >= 15 is 0 Å². The summed E-state index contributed by atoms with van der Waals surface area (Å²) in [7, 11) is -6.79. The number of esters is 1. The first kappa shape index (κ1) is 20.1. The lowest BCUT2D eigenvalue weighted by Gasteiger charge is -2.20. The maximum atomic E-state index is 12.7. The van der Waals surface area contributed by atoms with Gasteiger partial charge in [0.15, 0.2) is 5.69 Å². The van der Waals surface area contributed by atoms with Gasteiger partial charge >= 0.3 is 5.97 Å². The normalized spacial score (nSPS) is 16.5. The number of ketones is 1. The molecule has 1 aromatic heterocycles. The molecule has 0 unspecified atom stereocenters. The van der Waals surface area contributed by atoms with Crippen molar-refractivity contribution in [3.8, 4) is 0 Å². The molecule has 2 rings (SSSR count). The smallest absolute Gasteiger partial charge is 0.359 e. The van der Waals surface area contributed by atoms with Crippen LogP contribution < -0.4 is 0 Å². The number of Topliss-reactive ketones (excluding diaryl/α,β-unsaturated/α-hetero) is 1. The van der Waals surface area contributed by atoms with E-state index in [0.29, 0.717) is 5.56 Å². The van der Waals surface area contributed by atoms with Crippen LogP contribution in [0.5, 0.6) is 0 Å². The van der Waals surface area contributed by atoms with E-state index < -0.39 is 31.8 Å². The predicted octanol–water partition coefficient (Wildman–Crippen LogP) is -0.169. The number of rotatable bonds is 5. The first-order chi connectivity index (χ1) is 11.9. The summed E-state index contributed by atoms with van der Waals surface area (Å²) in [6.07, 6.45) is 2.55. The lowest BCUT2D eigenvalue weighted by atomic mass is 9.90. The third-order valence-corrected chi connectivity index (χ3v) is 6.82. The summed E-state index contributed by atoms with van der Waals surface area (Å²) in [4.78, 5) is 24.7. The van der Waals surface area contributed by atoms with Gasteiger partial charge in [0.2, 0.25) is 25.8 Å². The summed E-state index contributed by atoms with van der Waals surface area (Å²) in [6.45, 7) is 1.80. The average molecular weight is 405 g/mol. The van der Waals surface area contributed by atoms with Crippen molar-refractivity contribution in [2.45, 2.75) is 19.8 Å². The zero-order valence-electron chi connectivity index (χ0n) is 14.7. The lowest BCUT2D eigenvalue weighted by Crippen LogP contribution is -2.32. The average Bonchev–Trinajstić information content (AvgIpc) is 2.82. The molecule has 0 radical (unpaired) electrons. The molecule has 1 heterocycles. The number of hydrogen-bond acceptors (Lipinski definition) is 8. The number of aromatic nitrogens is 2. The Hall–Kier alpha value is -2.21. The molecule has 0 atom stereocenters. The molecule has 144 valence electrons. The lowest BCUT2D eigenvalue weighted by molar-refractivity contribution is 0.0517. The van der Waals surface area contributed by atoms with Crippen LogP contribution in [0.1, 0.15) is 39.9 Å². The van der Waals surface area contributed by atoms with E-state index in [-0.39, 0.29) is 40.1 Å². The van der Waals surface area contributed by atoms with Gasteiger partial charge in [0.05, 0.1) is 19.1 Å². The van der Waals surface area contributed by atoms with Crippen molar-refractivity contribution in [3.05, 3.63) is 28.7 Å². The third kappa shape index (κ3) is 3.80. The molecule has 1 aliphatic rings. The Bertz CT molecular complexity index is 972. The zero-order valence-corrected chi connectivity index (χ0v) is 16.3. The van der Waals surface area contributed by atoms with Crippen molar-refractivity contribution in [3.63, 3.8) is 0 Å². The van der Waals surface area contributed by atoms with Crippen molar-refractivity contribution >= 4 is 31.8 Å². The Morgan fingerprint density at radius 2 is 1.81 bits per heavy atom. The number of allylic oxidation sites excluding steroid dienone is 1. The molecule has 12 heteroatoms. The molecule has 0 saturated heterocycles. The summed E-state index contributed by atoms with van der Waals surface area (Å²) in [5.41, 5.74) is 0.525. The van der Waals surface area contributed by atoms with Gasteiger partial charge in [-0.05, 0) is 19.8 Å². The van der Waals surface area contributed by atoms with E-state index in [4.69, 9.17) is 4.74 Å². The molecule has 0 saturated carbocycles. The maximum Gasteiger partial charge on any atom is 0.359 e. The van der Waals surface area contributed by atoms with Crippen LogP contribution in [-0.2, 0) is 38.3 Å². The highest BCUT2D eigenvalue weighted by Gasteiger charge is 2.34. The Morgan fingerprint density at radius 3 is 2.31 bits per heavy atom. The summed E-state index contributed by atoms with van der Waals surface area (Å²) in [5.74, 6) is -1.24. The first-order valence-corrected chi connectivity index (χ1v) is 11.3. The van der Waals surface area contributed by atoms with Gasteiger partial charge in [-0.2, -0.15) is 8.81 Å². The first-order valence-electron chi connectivity index (χ1n) is 7.55. The Morgan fingerprint density at radius 1 is 1.23 bits per heavy atom. The van der Waals surface area contributed by atoms with Crippen molar-refractivity contribution in [1.82, 2.24) is 13.5 Å². The van der Waals surface area contributed by atoms with Gasteiger partial charge in [0.25, 0.3) is 0 Å². The highest BCUT2D eigenvalue weighted by molar-refractivity contribution is 8.03. The molecule has 0 N–H and O–H groups in total. The van der Waals surface area contributed by atoms with E-state index in [1.165, 1.54) is 11.7 Å². The predicted molar refractivity (Wildman–Crippen MR) is 91.4 cm³/mol. The monoisotopic (exact) mass is 405 g/mol. The number of aryl methyl sites for hydroxylation is 1. The minimum absolute atomic E-state index is 0.00763. The fraction of sp³-hybridized carbons (Fsp3) is 0.500. The largest absolute Gasteiger partial charge is 0.461 e. The molecule has 1 aromatic rings. The van der Waals surface area contributed by atoms with Crippen LogP contribution >= 0.6 is 0 Å².